The topological polar surface area (TPSA) is 48.0 Å². The van der Waals surface area contributed by atoms with Gasteiger partial charge in [-0.2, -0.15) is 0 Å². The molecule has 2 unspecified atom stereocenters. The van der Waals surface area contributed by atoms with E-state index in [9.17, 15) is 4.79 Å². The number of amides is 1. The first-order valence-electron chi connectivity index (χ1n) is 13.1. The highest BCUT2D eigenvalue weighted by Gasteiger charge is 2.53. The van der Waals surface area contributed by atoms with Gasteiger partial charge in [0.1, 0.15) is 5.60 Å². The first kappa shape index (κ1) is 24.1. The second-order valence-electron chi connectivity index (χ2n) is 11.8. The maximum absolute atomic E-state index is 13.1. The van der Waals surface area contributed by atoms with Crippen LogP contribution < -0.4 is 0 Å². The van der Waals surface area contributed by atoms with E-state index in [-0.39, 0.29) is 30.6 Å². The number of fused-ring (bicyclic) bond motifs is 2. The van der Waals surface area contributed by atoms with Crippen LogP contribution in [-0.2, 0) is 14.2 Å². The van der Waals surface area contributed by atoms with Gasteiger partial charge in [0.25, 0.3) is 0 Å². The van der Waals surface area contributed by atoms with E-state index in [0.29, 0.717) is 17.8 Å². The average Bonchev–Trinajstić information content (AvgIpc) is 3.05. The zero-order chi connectivity index (χ0) is 23.0. The van der Waals surface area contributed by atoms with E-state index in [0.717, 1.165) is 31.1 Å². The molecule has 4 fully saturated rings. The zero-order valence-corrected chi connectivity index (χ0v) is 21.1. The van der Waals surface area contributed by atoms with E-state index in [2.05, 4.69) is 26.0 Å². The second-order valence-corrected chi connectivity index (χ2v) is 11.8. The summed E-state index contributed by atoms with van der Waals surface area (Å²) in [6, 6.07) is 0.327. The van der Waals surface area contributed by atoms with Crippen molar-refractivity contribution >= 4 is 6.09 Å². The zero-order valence-electron chi connectivity index (χ0n) is 21.1. The molecule has 5 heteroatoms. The quantitative estimate of drug-likeness (QED) is 0.485. The van der Waals surface area contributed by atoms with Gasteiger partial charge in [0.05, 0.1) is 12.1 Å². The minimum Gasteiger partial charge on any atom is -0.444 e. The predicted molar refractivity (Wildman–Crippen MR) is 126 cm³/mol. The van der Waals surface area contributed by atoms with Crippen LogP contribution in [0.25, 0.3) is 0 Å². The molecule has 0 aromatic rings. The molecule has 0 N–H and O–H groups in total. The van der Waals surface area contributed by atoms with Gasteiger partial charge in [-0.1, -0.05) is 31.4 Å². The van der Waals surface area contributed by atoms with Crippen molar-refractivity contribution in [2.45, 2.75) is 116 Å². The van der Waals surface area contributed by atoms with Crippen molar-refractivity contribution in [3.05, 3.63) is 12.2 Å². The first-order chi connectivity index (χ1) is 15.2. The number of nitrogens with zero attached hydrogens (tertiary/aromatic N) is 1. The summed E-state index contributed by atoms with van der Waals surface area (Å²) < 4.78 is 17.8. The molecule has 4 aliphatic rings. The van der Waals surface area contributed by atoms with Crippen molar-refractivity contribution in [2.75, 3.05) is 7.11 Å². The van der Waals surface area contributed by atoms with Crippen LogP contribution in [0.2, 0.25) is 0 Å². The van der Waals surface area contributed by atoms with Gasteiger partial charge in [0.15, 0.2) is 6.29 Å². The summed E-state index contributed by atoms with van der Waals surface area (Å²) in [5, 5.41) is 0. The lowest BCUT2D eigenvalue weighted by Crippen LogP contribution is -2.50. The van der Waals surface area contributed by atoms with Gasteiger partial charge in [0, 0.05) is 19.1 Å². The highest BCUT2D eigenvalue weighted by atomic mass is 16.7. The summed E-state index contributed by atoms with van der Waals surface area (Å²) in [7, 11) is 1.79. The minimum atomic E-state index is -0.472. The smallest absolute Gasteiger partial charge is 0.411 e. The Morgan fingerprint density at radius 3 is 2.47 bits per heavy atom. The predicted octanol–water partition coefficient (Wildman–Crippen LogP) is 6.17. The van der Waals surface area contributed by atoms with E-state index < -0.39 is 5.60 Å². The third-order valence-corrected chi connectivity index (χ3v) is 8.56. The molecule has 2 heterocycles. The Morgan fingerprint density at radius 1 is 1.00 bits per heavy atom. The summed E-state index contributed by atoms with van der Waals surface area (Å²) in [6.07, 6.45) is 14.6. The van der Waals surface area contributed by atoms with Crippen molar-refractivity contribution in [1.82, 2.24) is 4.90 Å². The minimum absolute atomic E-state index is 0.0678. The summed E-state index contributed by atoms with van der Waals surface area (Å²) in [4.78, 5) is 15.1. The Kier molecular flexibility index (Phi) is 7.26. The molecule has 2 saturated heterocycles. The third kappa shape index (κ3) is 4.89. The number of ether oxygens (including phenoxy) is 3. The highest BCUT2D eigenvalue weighted by Crippen LogP contribution is 2.55. The second kappa shape index (κ2) is 9.66. The van der Waals surface area contributed by atoms with Crippen LogP contribution in [0.3, 0.4) is 0 Å². The number of likely N-dealkylation sites (tertiary alicyclic amines) is 1. The average molecular weight is 448 g/mol. The number of rotatable bonds is 3. The van der Waals surface area contributed by atoms with Crippen LogP contribution >= 0.6 is 0 Å². The number of carbonyl (C=O) groups is 1. The third-order valence-electron chi connectivity index (χ3n) is 8.56. The van der Waals surface area contributed by atoms with Gasteiger partial charge in [-0.15, -0.1) is 0 Å². The van der Waals surface area contributed by atoms with E-state index in [4.69, 9.17) is 14.2 Å². The molecular formula is C27H45NO4. The molecule has 32 heavy (non-hydrogen) atoms. The SMILES string of the molecule is CO[C@@H]1O[C@H](C)[C@H]2[C@@H](C=CC3CCCC(C)N3C(=O)OC(C)(C)C)[C@H]3CCCC[C@H]3C[C@@H]12. The fourth-order valence-corrected chi connectivity index (χ4v) is 7.27. The van der Waals surface area contributed by atoms with Gasteiger partial charge in [0.2, 0.25) is 0 Å². The van der Waals surface area contributed by atoms with Crippen molar-refractivity contribution in [3.63, 3.8) is 0 Å². The number of piperidine rings is 1. The summed E-state index contributed by atoms with van der Waals surface area (Å²) in [6.45, 7) is 10.2. The highest BCUT2D eigenvalue weighted by molar-refractivity contribution is 5.69. The molecule has 5 nitrogen and oxygen atoms in total. The van der Waals surface area contributed by atoms with Gasteiger partial charge in [-0.25, -0.2) is 4.79 Å². The van der Waals surface area contributed by atoms with Crippen LogP contribution in [0.15, 0.2) is 12.2 Å². The van der Waals surface area contributed by atoms with E-state index in [1.165, 1.54) is 32.1 Å². The Hall–Kier alpha value is -1.07. The molecule has 1 amide bonds. The molecule has 4 rings (SSSR count). The molecule has 2 aliphatic carbocycles. The summed E-state index contributed by atoms with van der Waals surface area (Å²) >= 11 is 0. The molecule has 0 spiro atoms. The molecule has 2 aliphatic heterocycles. The molecule has 9 atom stereocenters. The number of hydrogen-bond donors (Lipinski definition) is 0. The Labute approximate surface area is 195 Å². The lowest BCUT2D eigenvalue weighted by Gasteiger charge is -2.47. The summed E-state index contributed by atoms with van der Waals surface area (Å²) in [5.41, 5.74) is -0.472. The monoisotopic (exact) mass is 447 g/mol. The van der Waals surface area contributed by atoms with Gasteiger partial charge >= 0.3 is 6.09 Å². The lowest BCUT2D eigenvalue weighted by molar-refractivity contribution is -0.132. The summed E-state index contributed by atoms with van der Waals surface area (Å²) in [5.74, 6) is 3.01. The lowest BCUT2D eigenvalue weighted by atomic mass is 9.57. The number of methoxy groups -OCH3 is 1. The maximum Gasteiger partial charge on any atom is 0.411 e. The normalized spacial score (nSPS) is 42.6. The van der Waals surface area contributed by atoms with Crippen LogP contribution in [0, 0.1) is 29.6 Å². The molecule has 0 aromatic heterocycles. The Bertz CT molecular complexity index is 686. The number of allylic oxidation sites excluding steroid dienone is 1. The van der Waals surface area contributed by atoms with Crippen molar-refractivity contribution in [2.24, 2.45) is 29.6 Å². The largest absolute Gasteiger partial charge is 0.444 e. The van der Waals surface area contributed by atoms with Gasteiger partial charge in [-0.05, 0) is 90.4 Å². The van der Waals surface area contributed by atoms with Crippen molar-refractivity contribution in [1.29, 1.82) is 0 Å². The van der Waals surface area contributed by atoms with E-state index >= 15 is 0 Å². The molecule has 0 aromatic carbocycles. The number of carbonyl (C=O) groups excluding carboxylic acids is 1. The molecule has 182 valence electrons. The molecule has 0 bridgehead atoms. The van der Waals surface area contributed by atoms with Crippen LogP contribution in [-0.4, -0.2) is 48.2 Å². The fourth-order valence-electron chi connectivity index (χ4n) is 7.27. The van der Waals surface area contributed by atoms with E-state index in [1.807, 2.05) is 25.7 Å². The van der Waals surface area contributed by atoms with Crippen molar-refractivity contribution < 1.29 is 19.0 Å². The first-order valence-corrected chi connectivity index (χ1v) is 13.1. The molecule has 2 saturated carbocycles. The maximum atomic E-state index is 13.1. The van der Waals surface area contributed by atoms with Crippen LogP contribution in [0.4, 0.5) is 4.79 Å². The van der Waals surface area contributed by atoms with Crippen LogP contribution in [0.5, 0.6) is 0 Å². The van der Waals surface area contributed by atoms with Crippen LogP contribution in [0.1, 0.15) is 86.0 Å². The Balaban J connectivity index is 1.57. The van der Waals surface area contributed by atoms with E-state index in [1.54, 1.807) is 7.11 Å². The molecular weight excluding hydrogens is 402 g/mol. The van der Waals surface area contributed by atoms with Gasteiger partial charge < -0.3 is 14.2 Å². The van der Waals surface area contributed by atoms with Crippen molar-refractivity contribution in [3.8, 4) is 0 Å². The van der Waals surface area contributed by atoms with Gasteiger partial charge in [-0.3, -0.25) is 4.90 Å². The standard InChI is InChI=1S/C27H45NO4/c1-17-10-9-12-20(28(17)26(29)32-27(3,4)5)14-15-22-21-13-8-7-11-19(21)16-23-24(22)18(2)31-25(23)30-6/h14-15,17-25H,7-13,16H2,1-6H3/t17?,18-,19+,20?,21+,22+,23-,24+,25-/m1/s1. The fraction of sp³-hybridized carbons (Fsp3) is 0.889. The Morgan fingerprint density at radius 2 is 1.75 bits per heavy atom. The number of hydrogen-bond acceptors (Lipinski definition) is 4. The molecule has 0 radical (unpaired) electrons.